The number of aryl methyl sites for hydroxylation is 1. The molecule has 0 unspecified atom stereocenters. The van der Waals surface area contributed by atoms with Crippen LogP contribution in [0.5, 0.6) is 0 Å². The van der Waals surface area contributed by atoms with Crippen LogP contribution in [0.1, 0.15) is 32.7 Å². The summed E-state index contributed by atoms with van der Waals surface area (Å²) < 4.78 is 47.6. The highest BCUT2D eigenvalue weighted by atomic mass is 28.3. The van der Waals surface area contributed by atoms with Gasteiger partial charge in [0.05, 0.1) is 5.56 Å². The molecule has 0 bridgehead atoms. The van der Waals surface area contributed by atoms with Crippen LogP contribution in [0.4, 0.5) is 18.9 Å². The largest absolute Gasteiger partial charge is 0.416 e. The van der Waals surface area contributed by atoms with Crippen LogP contribution >= 0.6 is 0 Å². The molecule has 0 atom stereocenters. The van der Waals surface area contributed by atoms with Gasteiger partial charge in [0.15, 0.2) is 0 Å². The molecule has 0 spiro atoms. The first-order chi connectivity index (χ1) is 20.9. The maximum absolute atomic E-state index is 13.2. The Hall–Kier alpha value is -4.28. The summed E-state index contributed by atoms with van der Waals surface area (Å²) >= 11 is 0. The monoisotopic (exact) mass is 616 g/mol. The van der Waals surface area contributed by atoms with Crippen LogP contribution in [-0.2, 0) is 24.1 Å². The van der Waals surface area contributed by atoms with Crippen molar-refractivity contribution in [3.05, 3.63) is 113 Å². The molecule has 44 heavy (non-hydrogen) atoms. The number of aromatic nitrogens is 3. The highest BCUT2D eigenvalue weighted by Crippen LogP contribution is 2.32. The first kappa shape index (κ1) is 31.2. The van der Waals surface area contributed by atoms with Gasteiger partial charge < -0.3 is 14.6 Å². The summed E-state index contributed by atoms with van der Waals surface area (Å²) in [6.45, 7) is 10.0. The lowest BCUT2D eigenvalue weighted by Gasteiger charge is -2.16. The van der Waals surface area contributed by atoms with Gasteiger partial charge in [0.1, 0.15) is 12.4 Å². The number of benzene rings is 2. The van der Waals surface area contributed by atoms with Crippen LogP contribution in [0.3, 0.4) is 0 Å². The number of alkyl halides is 3. The van der Waals surface area contributed by atoms with Crippen molar-refractivity contribution >= 4 is 30.7 Å². The van der Waals surface area contributed by atoms with Gasteiger partial charge in [-0.2, -0.15) is 13.2 Å². The fourth-order valence-electron chi connectivity index (χ4n) is 4.88. The molecule has 5 rings (SSSR count). The second-order valence-corrected chi connectivity index (χ2v) is 17.7. The Balaban J connectivity index is 1.43. The minimum Gasteiger partial charge on any atom is -0.361 e. The maximum atomic E-state index is 13.2. The second-order valence-electron chi connectivity index (χ2n) is 12.1. The topological polar surface area (TPSA) is 69.0 Å². The molecule has 0 fully saturated rings. The molecular formula is C34H35F3N4O2Si. The van der Waals surface area contributed by atoms with Crippen molar-refractivity contribution in [3.8, 4) is 11.1 Å². The van der Waals surface area contributed by atoms with Crippen LogP contribution < -0.4 is 5.32 Å². The van der Waals surface area contributed by atoms with Crippen molar-refractivity contribution in [2.75, 3.05) is 11.9 Å². The minimum absolute atomic E-state index is 0.0667. The Morgan fingerprint density at radius 1 is 1.02 bits per heavy atom. The summed E-state index contributed by atoms with van der Waals surface area (Å²) in [5.41, 5.74) is 5.08. The average Bonchev–Trinajstić information content (AvgIpc) is 3.39. The lowest BCUT2D eigenvalue weighted by atomic mass is 9.99. The van der Waals surface area contributed by atoms with Gasteiger partial charge in [-0.05, 0) is 78.2 Å². The van der Waals surface area contributed by atoms with E-state index in [9.17, 15) is 18.0 Å². The van der Waals surface area contributed by atoms with Gasteiger partial charge in [0, 0.05) is 67.6 Å². The van der Waals surface area contributed by atoms with E-state index in [0.29, 0.717) is 25.4 Å². The van der Waals surface area contributed by atoms with Crippen molar-refractivity contribution in [3.63, 3.8) is 0 Å². The standard InChI is InChI=1S/C34H35F3N4O2Si/c1-23-10-11-28(40-33(42)24-7-5-9-27(17-24)34(35,36)37)18-26(23)19-29-20-31(25-8-6-13-38-21-25)30-12-14-41(32(30)39-29)22-43-15-16-44(2,3)4/h5-14,17-18,20-21H,15-16,19,22H2,1-4H3,(H,40,42). The summed E-state index contributed by atoms with van der Waals surface area (Å²) in [7, 11) is -1.22. The molecular weight excluding hydrogens is 581 g/mol. The van der Waals surface area contributed by atoms with E-state index >= 15 is 0 Å². The summed E-state index contributed by atoms with van der Waals surface area (Å²) in [5.74, 6) is -0.615. The van der Waals surface area contributed by atoms with Crippen LogP contribution in [0.25, 0.3) is 22.2 Å². The molecule has 2 aromatic carbocycles. The highest BCUT2D eigenvalue weighted by Gasteiger charge is 2.31. The average molecular weight is 617 g/mol. The quantitative estimate of drug-likeness (QED) is 0.126. The molecule has 0 aliphatic carbocycles. The highest BCUT2D eigenvalue weighted by molar-refractivity contribution is 6.76. The predicted molar refractivity (Wildman–Crippen MR) is 170 cm³/mol. The molecule has 0 aliphatic heterocycles. The summed E-state index contributed by atoms with van der Waals surface area (Å²) in [6.07, 6.45) is 1.50. The Bertz CT molecular complexity index is 1780. The van der Waals surface area contributed by atoms with Gasteiger partial charge in [0.2, 0.25) is 0 Å². The van der Waals surface area contributed by atoms with E-state index in [1.807, 2.05) is 54.2 Å². The van der Waals surface area contributed by atoms with Crippen molar-refractivity contribution in [2.45, 2.75) is 51.9 Å². The number of pyridine rings is 2. The van der Waals surface area contributed by atoms with Crippen molar-refractivity contribution in [1.29, 1.82) is 0 Å². The number of hydrogen-bond donors (Lipinski definition) is 1. The van der Waals surface area contributed by atoms with Crippen molar-refractivity contribution in [1.82, 2.24) is 14.5 Å². The third-order valence-corrected chi connectivity index (χ3v) is 9.12. The summed E-state index contributed by atoms with van der Waals surface area (Å²) in [4.78, 5) is 22.2. The number of nitrogens with one attached hydrogen (secondary N) is 1. The zero-order valence-electron chi connectivity index (χ0n) is 25.2. The van der Waals surface area contributed by atoms with Gasteiger partial charge in [0.25, 0.3) is 5.91 Å². The Morgan fingerprint density at radius 2 is 1.84 bits per heavy atom. The van der Waals surface area contributed by atoms with E-state index in [1.165, 1.54) is 12.1 Å². The summed E-state index contributed by atoms with van der Waals surface area (Å²) in [6, 6.07) is 19.0. The second kappa shape index (κ2) is 12.8. The van der Waals surface area contributed by atoms with Gasteiger partial charge in [-0.1, -0.05) is 37.8 Å². The molecule has 5 aromatic rings. The molecule has 10 heteroatoms. The van der Waals surface area contributed by atoms with Gasteiger partial charge in [-0.3, -0.25) is 9.78 Å². The Morgan fingerprint density at radius 3 is 2.57 bits per heavy atom. The third kappa shape index (κ3) is 7.61. The van der Waals surface area contributed by atoms with Crippen LogP contribution in [-0.4, -0.2) is 35.1 Å². The number of hydrogen-bond acceptors (Lipinski definition) is 4. The Labute approximate surface area is 255 Å². The summed E-state index contributed by atoms with van der Waals surface area (Å²) in [5, 5.41) is 3.74. The number of rotatable bonds is 10. The normalized spacial score (nSPS) is 12.1. The molecule has 228 valence electrons. The zero-order chi connectivity index (χ0) is 31.5. The smallest absolute Gasteiger partial charge is 0.361 e. The molecule has 3 heterocycles. The Kier molecular flexibility index (Phi) is 9.03. The van der Waals surface area contributed by atoms with Crippen LogP contribution in [0.2, 0.25) is 25.7 Å². The molecule has 0 radical (unpaired) electrons. The van der Waals surface area contributed by atoms with Gasteiger partial charge >= 0.3 is 6.18 Å². The third-order valence-electron chi connectivity index (χ3n) is 7.41. The fourth-order valence-corrected chi connectivity index (χ4v) is 5.64. The number of ether oxygens (including phenoxy) is 1. The first-order valence-corrected chi connectivity index (χ1v) is 18.1. The maximum Gasteiger partial charge on any atom is 0.416 e. The van der Waals surface area contributed by atoms with Crippen LogP contribution in [0, 0.1) is 6.92 Å². The number of anilines is 1. The first-order valence-electron chi connectivity index (χ1n) is 14.4. The van der Waals surface area contributed by atoms with E-state index in [1.54, 1.807) is 12.3 Å². The van der Waals surface area contributed by atoms with E-state index in [-0.39, 0.29) is 5.56 Å². The minimum atomic E-state index is -4.53. The van der Waals surface area contributed by atoms with Crippen molar-refractivity contribution < 1.29 is 22.7 Å². The van der Waals surface area contributed by atoms with Crippen LogP contribution in [0.15, 0.2) is 85.3 Å². The number of fused-ring (bicyclic) bond motifs is 1. The van der Waals surface area contributed by atoms with Gasteiger partial charge in [-0.25, -0.2) is 4.98 Å². The van der Waals surface area contributed by atoms with E-state index in [0.717, 1.165) is 57.2 Å². The lowest BCUT2D eigenvalue weighted by molar-refractivity contribution is -0.137. The molecule has 1 amide bonds. The molecule has 6 nitrogen and oxygen atoms in total. The lowest BCUT2D eigenvalue weighted by Crippen LogP contribution is -2.22. The van der Waals surface area contributed by atoms with Crippen molar-refractivity contribution in [2.24, 2.45) is 0 Å². The molecule has 1 N–H and O–H groups in total. The van der Waals surface area contributed by atoms with E-state index in [4.69, 9.17) is 9.72 Å². The predicted octanol–water partition coefficient (Wildman–Crippen LogP) is 8.58. The number of halogens is 3. The van der Waals surface area contributed by atoms with Gasteiger partial charge in [-0.15, -0.1) is 0 Å². The fraction of sp³-hybridized carbons (Fsp3) is 0.265. The molecule has 0 aliphatic rings. The molecule has 0 saturated heterocycles. The number of nitrogens with zero attached hydrogens (tertiary/aromatic N) is 3. The van der Waals surface area contributed by atoms with E-state index in [2.05, 4.69) is 36.0 Å². The van der Waals surface area contributed by atoms with E-state index < -0.39 is 25.7 Å². The SMILES string of the molecule is Cc1ccc(NC(=O)c2cccc(C(F)(F)F)c2)cc1Cc1cc(-c2cccnc2)c2ccn(COCC[Si](C)(C)C)c2n1. The molecule has 0 saturated carbocycles. The number of amides is 1. The number of carbonyl (C=O) groups excluding carboxylic acids is 1. The zero-order valence-corrected chi connectivity index (χ0v) is 26.2. The number of carbonyl (C=O) groups is 1. The molecule has 3 aromatic heterocycles.